The van der Waals surface area contributed by atoms with E-state index in [2.05, 4.69) is 41.6 Å². The Hall–Kier alpha value is -3.14. The van der Waals surface area contributed by atoms with Gasteiger partial charge in [0, 0.05) is 24.6 Å². The Morgan fingerprint density at radius 1 is 1.00 bits per heavy atom. The Bertz CT molecular complexity index is 875. The number of carbonyl (C=O) groups is 1. The topological polar surface area (TPSA) is 54.0 Å². The summed E-state index contributed by atoms with van der Waals surface area (Å²) in [5.74, 6) is 0.178. The summed E-state index contributed by atoms with van der Waals surface area (Å²) in [6, 6.07) is 19.8. The quantitative estimate of drug-likeness (QED) is 0.656. The van der Waals surface area contributed by atoms with Crippen molar-refractivity contribution in [2.45, 2.75) is 26.3 Å². The van der Waals surface area contributed by atoms with Gasteiger partial charge in [-0.3, -0.25) is 9.78 Å². The molecule has 0 aliphatic rings. The van der Waals surface area contributed by atoms with Crippen LogP contribution in [0.15, 0.2) is 73.1 Å². The van der Waals surface area contributed by atoms with E-state index >= 15 is 0 Å². The van der Waals surface area contributed by atoms with E-state index in [-0.39, 0.29) is 5.91 Å². The van der Waals surface area contributed by atoms with Gasteiger partial charge in [-0.2, -0.15) is 0 Å². The van der Waals surface area contributed by atoms with Gasteiger partial charge in [-0.25, -0.2) is 0 Å². The number of hydrogen-bond donors (Lipinski definition) is 2. The van der Waals surface area contributed by atoms with Gasteiger partial charge in [-0.1, -0.05) is 62.4 Å². The van der Waals surface area contributed by atoms with Gasteiger partial charge in [0.05, 0.1) is 11.3 Å². The lowest BCUT2D eigenvalue weighted by molar-refractivity contribution is 0.102. The van der Waals surface area contributed by atoms with Gasteiger partial charge in [0.25, 0.3) is 5.91 Å². The first kappa shape index (κ1) is 17.7. The number of carbonyl (C=O) groups excluding carboxylic acids is 1. The summed E-state index contributed by atoms with van der Waals surface area (Å²) in [5.41, 5.74) is 4.48. The van der Waals surface area contributed by atoms with E-state index in [9.17, 15) is 4.79 Å². The predicted molar refractivity (Wildman–Crippen MR) is 106 cm³/mol. The van der Waals surface area contributed by atoms with E-state index < -0.39 is 0 Å². The molecule has 3 aromatic rings. The van der Waals surface area contributed by atoms with Gasteiger partial charge < -0.3 is 10.6 Å². The van der Waals surface area contributed by atoms with Crippen molar-refractivity contribution in [2.24, 2.45) is 0 Å². The van der Waals surface area contributed by atoms with Crippen LogP contribution in [0.25, 0.3) is 0 Å². The lowest BCUT2D eigenvalue weighted by Gasteiger charge is -2.14. The van der Waals surface area contributed by atoms with E-state index in [1.807, 2.05) is 48.5 Å². The Morgan fingerprint density at radius 3 is 2.50 bits per heavy atom. The largest absolute Gasteiger partial charge is 0.380 e. The number of benzene rings is 2. The van der Waals surface area contributed by atoms with Crippen LogP contribution in [0.2, 0.25) is 0 Å². The Kier molecular flexibility index (Phi) is 5.64. The zero-order chi connectivity index (χ0) is 18.4. The monoisotopic (exact) mass is 345 g/mol. The molecule has 26 heavy (non-hydrogen) atoms. The highest BCUT2D eigenvalue weighted by Crippen LogP contribution is 2.24. The molecule has 4 nitrogen and oxygen atoms in total. The molecular formula is C22H23N3O. The van der Waals surface area contributed by atoms with Gasteiger partial charge in [0.1, 0.15) is 0 Å². The third-order valence-corrected chi connectivity index (χ3v) is 4.17. The van der Waals surface area contributed by atoms with Gasteiger partial charge in [0.2, 0.25) is 0 Å². The molecular weight excluding hydrogens is 322 g/mol. The molecule has 0 aliphatic heterocycles. The average Bonchev–Trinajstić information content (AvgIpc) is 2.67. The predicted octanol–water partition coefficient (Wildman–Crippen LogP) is 5.07. The molecule has 0 bridgehead atoms. The molecule has 1 heterocycles. The van der Waals surface area contributed by atoms with Crippen LogP contribution >= 0.6 is 0 Å². The second-order valence-corrected chi connectivity index (χ2v) is 6.50. The van der Waals surface area contributed by atoms with Crippen molar-refractivity contribution in [1.82, 2.24) is 4.98 Å². The van der Waals surface area contributed by atoms with Crippen molar-refractivity contribution < 1.29 is 4.79 Å². The molecule has 0 aliphatic carbocycles. The number of anilines is 2. The van der Waals surface area contributed by atoms with Crippen LogP contribution in [0, 0.1) is 0 Å². The maximum absolute atomic E-state index is 12.6. The summed E-state index contributed by atoms with van der Waals surface area (Å²) in [6.07, 6.45) is 3.31. The molecule has 1 amide bonds. The van der Waals surface area contributed by atoms with Crippen molar-refractivity contribution in [3.63, 3.8) is 0 Å². The van der Waals surface area contributed by atoms with E-state index in [0.717, 1.165) is 16.9 Å². The number of nitrogens with zero attached hydrogens (tertiary/aromatic N) is 1. The molecule has 0 atom stereocenters. The minimum absolute atomic E-state index is 0.158. The Balaban J connectivity index is 1.70. The summed E-state index contributed by atoms with van der Waals surface area (Å²) in [4.78, 5) is 16.8. The third-order valence-electron chi connectivity index (χ3n) is 4.17. The van der Waals surface area contributed by atoms with Crippen molar-refractivity contribution in [3.8, 4) is 0 Å². The number of para-hydroxylation sites is 1. The Morgan fingerprint density at radius 2 is 1.73 bits per heavy atom. The minimum atomic E-state index is -0.158. The normalized spacial score (nSPS) is 10.6. The average molecular weight is 345 g/mol. The highest BCUT2D eigenvalue weighted by molar-refractivity contribution is 6.05. The first-order valence-corrected chi connectivity index (χ1v) is 8.76. The maximum Gasteiger partial charge on any atom is 0.257 e. The third kappa shape index (κ3) is 4.48. The van der Waals surface area contributed by atoms with Crippen LogP contribution in [0.4, 0.5) is 11.4 Å². The molecule has 4 heteroatoms. The summed E-state index contributed by atoms with van der Waals surface area (Å²) < 4.78 is 0. The molecule has 0 saturated heterocycles. The molecule has 132 valence electrons. The first-order chi connectivity index (χ1) is 12.6. The lowest BCUT2D eigenvalue weighted by Crippen LogP contribution is -2.14. The number of pyridine rings is 1. The standard InChI is InChI=1S/C22H23N3O/c1-16(2)20-10-6-7-11-21(20)25-22(26)18-12-19(15-23-14-18)24-13-17-8-4-3-5-9-17/h3-12,14-16,24H,13H2,1-2H3,(H,25,26). The zero-order valence-electron chi connectivity index (χ0n) is 15.1. The minimum Gasteiger partial charge on any atom is -0.380 e. The summed E-state index contributed by atoms with van der Waals surface area (Å²) in [6.45, 7) is 4.91. The number of hydrogen-bond acceptors (Lipinski definition) is 3. The van der Waals surface area contributed by atoms with Crippen LogP contribution in [-0.2, 0) is 6.54 Å². The molecule has 2 aromatic carbocycles. The SMILES string of the molecule is CC(C)c1ccccc1NC(=O)c1cncc(NCc2ccccc2)c1. The Labute approximate surface area is 154 Å². The van der Waals surface area contributed by atoms with Gasteiger partial charge in [0.15, 0.2) is 0 Å². The van der Waals surface area contributed by atoms with Crippen LogP contribution in [-0.4, -0.2) is 10.9 Å². The van der Waals surface area contributed by atoms with Crippen LogP contribution < -0.4 is 10.6 Å². The fraction of sp³-hybridized carbons (Fsp3) is 0.182. The van der Waals surface area contributed by atoms with E-state index in [1.165, 1.54) is 5.56 Å². The summed E-state index contributed by atoms with van der Waals surface area (Å²) >= 11 is 0. The molecule has 1 aromatic heterocycles. The molecule has 0 fully saturated rings. The van der Waals surface area contributed by atoms with Crippen molar-refractivity contribution >= 4 is 17.3 Å². The van der Waals surface area contributed by atoms with Gasteiger partial charge in [-0.05, 0) is 29.2 Å². The van der Waals surface area contributed by atoms with Crippen LogP contribution in [0.5, 0.6) is 0 Å². The highest BCUT2D eigenvalue weighted by Gasteiger charge is 2.11. The highest BCUT2D eigenvalue weighted by atomic mass is 16.1. The molecule has 0 radical (unpaired) electrons. The summed E-state index contributed by atoms with van der Waals surface area (Å²) in [7, 11) is 0. The second-order valence-electron chi connectivity index (χ2n) is 6.50. The number of rotatable bonds is 6. The number of nitrogens with one attached hydrogen (secondary N) is 2. The maximum atomic E-state index is 12.6. The van der Waals surface area contributed by atoms with Crippen molar-refractivity contribution in [3.05, 3.63) is 89.7 Å². The second kappa shape index (κ2) is 8.30. The number of amides is 1. The van der Waals surface area contributed by atoms with E-state index in [4.69, 9.17) is 0 Å². The van der Waals surface area contributed by atoms with Gasteiger partial charge in [-0.15, -0.1) is 0 Å². The van der Waals surface area contributed by atoms with Crippen molar-refractivity contribution in [1.29, 1.82) is 0 Å². The molecule has 0 unspecified atom stereocenters. The molecule has 0 saturated carbocycles. The molecule has 2 N–H and O–H groups in total. The zero-order valence-corrected chi connectivity index (χ0v) is 15.1. The smallest absolute Gasteiger partial charge is 0.257 e. The van der Waals surface area contributed by atoms with Crippen molar-refractivity contribution in [2.75, 3.05) is 10.6 Å². The fourth-order valence-electron chi connectivity index (χ4n) is 2.77. The molecule has 3 rings (SSSR count). The first-order valence-electron chi connectivity index (χ1n) is 8.76. The van der Waals surface area contributed by atoms with Crippen LogP contribution in [0.1, 0.15) is 41.3 Å². The lowest BCUT2D eigenvalue weighted by atomic mass is 10.0. The van der Waals surface area contributed by atoms with Gasteiger partial charge >= 0.3 is 0 Å². The number of aromatic nitrogens is 1. The fourth-order valence-corrected chi connectivity index (χ4v) is 2.77. The van der Waals surface area contributed by atoms with Crippen LogP contribution in [0.3, 0.4) is 0 Å². The molecule has 0 spiro atoms. The van der Waals surface area contributed by atoms with E-state index in [1.54, 1.807) is 12.4 Å². The van der Waals surface area contributed by atoms with E-state index in [0.29, 0.717) is 18.0 Å². The summed E-state index contributed by atoms with van der Waals surface area (Å²) in [5, 5.41) is 6.31.